The van der Waals surface area contributed by atoms with Crippen LogP contribution in [0.5, 0.6) is 0 Å². The van der Waals surface area contributed by atoms with Gasteiger partial charge in [-0.3, -0.25) is 9.78 Å². The highest BCUT2D eigenvalue weighted by Gasteiger charge is 2.20. The van der Waals surface area contributed by atoms with Crippen molar-refractivity contribution in [2.45, 2.75) is 32.8 Å². The minimum Gasteiger partial charge on any atom is -0.448 e. The lowest BCUT2D eigenvalue weighted by Gasteiger charge is -2.14. The zero-order valence-corrected chi connectivity index (χ0v) is 15.5. The molecular formula is C21H21N3O3. The van der Waals surface area contributed by atoms with Gasteiger partial charge in [0.2, 0.25) is 0 Å². The Kier molecular flexibility index (Phi) is 5.45. The molecule has 1 heterocycles. The van der Waals surface area contributed by atoms with Crippen molar-refractivity contribution in [3.8, 4) is 0 Å². The summed E-state index contributed by atoms with van der Waals surface area (Å²) in [5.74, 6) is -0.682. The normalized spacial score (nSPS) is 12.0. The van der Waals surface area contributed by atoms with E-state index in [-0.39, 0.29) is 5.69 Å². The van der Waals surface area contributed by atoms with E-state index in [1.54, 1.807) is 12.1 Å². The summed E-state index contributed by atoms with van der Waals surface area (Å²) in [5.41, 5.74) is 3.17. The number of rotatable bonds is 5. The molecule has 6 heteroatoms. The summed E-state index contributed by atoms with van der Waals surface area (Å²) >= 11 is 0. The molecule has 0 radical (unpaired) electrons. The second-order valence-electron chi connectivity index (χ2n) is 6.56. The Morgan fingerprint density at radius 2 is 1.63 bits per heavy atom. The largest absolute Gasteiger partial charge is 0.448 e. The Bertz CT molecular complexity index is 968. The van der Waals surface area contributed by atoms with E-state index in [2.05, 4.69) is 29.1 Å². The van der Waals surface area contributed by atoms with Crippen LogP contribution in [0.15, 0.2) is 54.7 Å². The number of fused-ring (bicyclic) bond motifs is 1. The van der Waals surface area contributed by atoms with E-state index < -0.39 is 18.0 Å². The first-order chi connectivity index (χ1) is 12.9. The third kappa shape index (κ3) is 4.47. The van der Waals surface area contributed by atoms with Gasteiger partial charge in [-0.2, -0.15) is 0 Å². The fourth-order valence-electron chi connectivity index (χ4n) is 2.53. The van der Waals surface area contributed by atoms with Crippen LogP contribution in [0.3, 0.4) is 0 Å². The fraction of sp³-hybridized carbons (Fsp3) is 0.238. The van der Waals surface area contributed by atoms with Crippen LogP contribution in [-0.4, -0.2) is 27.9 Å². The maximum atomic E-state index is 12.3. The second-order valence-corrected chi connectivity index (χ2v) is 6.56. The summed E-state index contributed by atoms with van der Waals surface area (Å²) in [4.78, 5) is 33.0. The molecule has 1 amide bonds. The quantitative estimate of drug-likeness (QED) is 0.695. The molecule has 0 saturated heterocycles. The van der Waals surface area contributed by atoms with E-state index >= 15 is 0 Å². The van der Waals surface area contributed by atoms with Crippen molar-refractivity contribution in [3.63, 3.8) is 0 Å². The molecule has 0 saturated carbocycles. The van der Waals surface area contributed by atoms with Gasteiger partial charge in [0.25, 0.3) is 5.91 Å². The molecule has 138 valence electrons. The highest BCUT2D eigenvalue weighted by Crippen LogP contribution is 2.17. The molecule has 27 heavy (non-hydrogen) atoms. The van der Waals surface area contributed by atoms with Crippen LogP contribution in [0, 0.1) is 0 Å². The number of anilines is 1. The van der Waals surface area contributed by atoms with E-state index in [9.17, 15) is 9.59 Å². The molecule has 1 N–H and O–H groups in total. The smallest absolute Gasteiger partial charge is 0.359 e. The van der Waals surface area contributed by atoms with Crippen molar-refractivity contribution in [1.82, 2.24) is 9.97 Å². The number of benzene rings is 2. The molecule has 3 aromatic rings. The van der Waals surface area contributed by atoms with Gasteiger partial charge in [-0.15, -0.1) is 0 Å². The van der Waals surface area contributed by atoms with E-state index in [1.165, 1.54) is 18.7 Å². The number of para-hydroxylation sites is 2. The number of nitrogens with one attached hydrogen (secondary N) is 1. The molecule has 1 atom stereocenters. The van der Waals surface area contributed by atoms with Crippen molar-refractivity contribution in [2.24, 2.45) is 0 Å². The predicted octanol–water partition coefficient (Wildman–Crippen LogP) is 3.94. The molecule has 2 aromatic carbocycles. The molecule has 1 unspecified atom stereocenters. The number of amides is 1. The topological polar surface area (TPSA) is 81.2 Å². The molecule has 6 nitrogen and oxygen atoms in total. The number of nitrogens with zero attached hydrogens (tertiary/aromatic N) is 2. The van der Waals surface area contributed by atoms with Crippen LogP contribution < -0.4 is 5.32 Å². The van der Waals surface area contributed by atoms with Crippen LogP contribution in [0.2, 0.25) is 0 Å². The molecule has 3 rings (SSSR count). The van der Waals surface area contributed by atoms with Gasteiger partial charge in [-0.25, -0.2) is 9.78 Å². The van der Waals surface area contributed by atoms with Gasteiger partial charge >= 0.3 is 5.97 Å². The number of hydrogen-bond acceptors (Lipinski definition) is 5. The van der Waals surface area contributed by atoms with Crippen LogP contribution in [0.25, 0.3) is 11.0 Å². The maximum Gasteiger partial charge on any atom is 0.359 e. The van der Waals surface area contributed by atoms with Gasteiger partial charge < -0.3 is 10.1 Å². The fourth-order valence-corrected chi connectivity index (χ4v) is 2.53. The minimum atomic E-state index is -0.962. The number of ether oxygens (including phenoxy) is 1. The first-order valence-corrected chi connectivity index (χ1v) is 8.77. The number of esters is 1. The number of carbonyl (C=O) groups excluding carboxylic acids is 2. The zero-order valence-electron chi connectivity index (χ0n) is 15.5. The van der Waals surface area contributed by atoms with Gasteiger partial charge in [0.05, 0.1) is 17.2 Å². The number of carbonyl (C=O) groups is 2. The standard InChI is InChI=1S/C21H21N3O3/c1-13(2)15-8-10-16(11-9-15)23-20(25)14(3)27-21(26)19-12-22-17-6-4-5-7-18(17)24-19/h4-14H,1-3H3,(H,23,25). The second kappa shape index (κ2) is 7.95. The molecule has 0 aliphatic heterocycles. The molecule has 1 aromatic heterocycles. The van der Waals surface area contributed by atoms with Crippen molar-refractivity contribution < 1.29 is 14.3 Å². The zero-order chi connectivity index (χ0) is 19.4. The summed E-state index contributed by atoms with van der Waals surface area (Å²) in [6.45, 7) is 5.72. The molecular weight excluding hydrogens is 342 g/mol. The summed E-state index contributed by atoms with van der Waals surface area (Å²) < 4.78 is 5.23. The third-order valence-electron chi connectivity index (χ3n) is 4.16. The van der Waals surface area contributed by atoms with Crippen LogP contribution >= 0.6 is 0 Å². The Balaban J connectivity index is 1.63. The average molecular weight is 363 g/mol. The molecule has 0 aliphatic carbocycles. The summed E-state index contributed by atoms with van der Waals surface area (Å²) in [6.07, 6.45) is 0.385. The van der Waals surface area contributed by atoms with E-state index in [0.29, 0.717) is 22.6 Å². The van der Waals surface area contributed by atoms with E-state index in [4.69, 9.17) is 4.74 Å². The van der Waals surface area contributed by atoms with E-state index in [0.717, 1.165) is 0 Å². The summed E-state index contributed by atoms with van der Waals surface area (Å²) in [7, 11) is 0. The number of hydrogen-bond donors (Lipinski definition) is 1. The minimum absolute atomic E-state index is 0.0645. The SMILES string of the molecule is CC(OC(=O)c1cnc2ccccc2n1)C(=O)Nc1ccc(C(C)C)cc1. The number of aromatic nitrogens is 2. The predicted molar refractivity (Wildman–Crippen MR) is 104 cm³/mol. The Hall–Kier alpha value is -3.28. The average Bonchev–Trinajstić information content (AvgIpc) is 2.67. The Labute approximate surface area is 157 Å². The van der Waals surface area contributed by atoms with Crippen LogP contribution in [-0.2, 0) is 9.53 Å². The highest BCUT2D eigenvalue weighted by molar-refractivity contribution is 5.97. The molecule has 0 spiro atoms. The van der Waals surface area contributed by atoms with Gasteiger partial charge in [0.1, 0.15) is 0 Å². The first-order valence-electron chi connectivity index (χ1n) is 8.77. The van der Waals surface area contributed by atoms with Gasteiger partial charge in [-0.1, -0.05) is 38.1 Å². The van der Waals surface area contributed by atoms with Crippen molar-refractivity contribution >= 4 is 28.6 Å². The van der Waals surface area contributed by atoms with Gasteiger partial charge in [-0.05, 0) is 42.7 Å². The molecule has 0 aliphatic rings. The summed E-state index contributed by atoms with van der Waals surface area (Å²) in [6, 6.07) is 14.8. The van der Waals surface area contributed by atoms with Crippen LogP contribution in [0.1, 0.15) is 42.7 Å². The third-order valence-corrected chi connectivity index (χ3v) is 4.16. The lowest BCUT2D eigenvalue weighted by molar-refractivity contribution is -0.123. The van der Waals surface area contributed by atoms with E-state index in [1.807, 2.05) is 36.4 Å². The van der Waals surface area contributed by atoms with Crippen molar-refractivity contribution in [1.29, 1.82) is 0 Å². The lowest BCUT2D eigenvalue weighted by Crippen LogP contribution is -2.30. The molecule has 0 fully saturated rings. The van der Waals surface area contributed by atoms with Gasteiger partial charge in [0, 0.05) is 5.69 Å². The Morgan fingerprint density at radius 3 is 2.30 bits per heavy atom. The lowest BCUT2D eigenvalue weighted by atomic mass is 10.0. The van der Waals surface area contributed by atoms with Gasteiger partial charge in [0.15, 0.2) is 11.8 Å². The van der Waals surface area contributed by atoms with Crippen molar-refractivity contribution in [2.75, 3.05) is 5.32 Å². The summed E-state index contributed by atoms with van der Waals surface area (Å²) in [5, 5.41) is 2.74. The Morgan fingerprint density at radius 1 is 0.963 bits per heavy atom. The first kappa shape index (κ1) is 18.5. The van der Waals surface area contributed by atoms with Crippen LogP contribution in [0.4, 0.5) is 5.69 Å². The maximum absolute atomic E-state index is 12.3. The monoisotopic (exact) mass is 363 g/mol. The molecule has 0 bridgehead atoms. The highest BCUT2D eigenvalue weighted by atomic mass is 16.5. The van der Waals surface area contributed by atoms with Crippen molar-refractivity contribution in [3.05, 3.63) is 66.0 Å².